The lowest BCUT2D eigenvalue weighted by Crippen LogP contribution is -2.56. The van der Waals surface area contributed by atoms with Crippen molar-refractivity contribution >= 4 is 5.97 Å². The van der Waals surface area contributed by atoms with Gasteiger partial charge in [-0.1, -0.05) is 27.7 Å². The largest absolute Gasteiger partial charge is 0.481 e. The summed E-state index contributed by atoms with van der Waals surface area (Å²) in [7, 11) is 0. The van der Waals surface area contributed by atoms with Crippen LogP contribution in [0.4, 0.5) is 0 Å². The highest BCUT2D eigenvalue weighted by molar-refractivity contribution is 5.68. The molecule has 1 rings (SSSR count). The number of aliphatic carboxylic acids is 1. The molecule has 3 heteroatoms. The Morgan fingerprint density at radius 3 is 2.35 bits per heavy atom. The molecule has 0 aromatic carbocycles. The second-order valence-corrected chi connectivity index (χ2v) is 5.63. The van der Waals surface area contributed by atoms with Crippen LogP contribution in [0.1, 0.15) is 53.4 Å². The fourth-order valence-corrected chi connectivity index (χ4v) is 3.64. The molecule has 3 nitrogen and oxygen atoms in total. The number of rotatable bonds is 5. The third-order valence-electron chi connectivity index (χ3n) is 4.59. The maximum atomic E-state index is 11.2. The van der Waals surface area contributed by atoms with Crippen LogP contribution >= 0.6 is 0 Å². The summed E-state index contributed by atoms with van der Waals surface area (Å²) in [6, 6.07) is 0. The predicted octanol–water partition coefficient (Wildman–Crippen LogP) is 3.00. The SMILES string of the molecule is CCN(CC)C1(CC(=O)O)CCC(C)CC1C. The van der Waals surface area contributed by atoms with E-state index in [-0.39, 0.29) is 5.54 Å². The molecule has 0 aromatic heterocycles. The molecule has 1 aliphatic carbocycles. The predicted molar refractivity (Wildman–Crippen MR) is 70.1 cm³/mol. The summed E-state index contributed by atoms with van der Waals surface area (Å²) in [5, 5.41) is 9.23. The van der Waals surface area contributed by atoms with Crippen LogP contribution in [0.3, 0.4) is 0 Å². The number of carboxylic acids is 1. The first-order valence-corrected chi connectivity index (χ1v) is 6.93. The third-order valence-corrected chi connectivity index (χ3v) is 4.59. The Balaban J connectivity index is 2.95. The van der Waals surface area contributed by atoms with Crippen LogP contribution < -0.4 is 0 Å². The highest BCUT2D eigenvalue weighted by atomic mass is 16.4. The Morgan fingerprint density at radius 2 is 1.94 bits per heavy atom. The summed E-state index contributed by atoms with van der Waals surface area (Å²) in [4.78, 5) is 13.6. The second kappa shape index (κ2) is 5.85. The number of hydrogen-bond acceptors (Lipinski definition) is 2. The van der Waals surface area contributed by atoms with Crippen molar-refractivity contribution in [2.45, 2.75) is 58.9 Å². The summed E-state index contributed by atoms with van der Waals surface area (Å²) in [5.74, 6) is 0.558. The van der Waals surface area contributed by atoms with Gasteiger partial charge in [0.15, 0.2) is 0 Å². The average Bonchev–Trinajstić information content (AvgIpc) is 2.24. The quantitative estimate of drug-likeness (QED) is 0.804. The van der Waals surface area contributed by atoms with Gasteiger partial charge in [0.05, 0.1) is 6.42 Å². The van der Waals surface area contributed by atoms with Crippen molar-refractivity contribution in [3.05, 3.63) is 0 Å². The van der Waals surface area contributed by atoms with Crippen molar-refractivity contribution in [3.63, 3.8) is 0 Å². The van der Waals surface area contributed by atoms with Gasteiger partial charge in [0, 0.05) is 5.54 Å². The summed E-state index contributed by atoms with van der Waals surface area (Å²) < 4.78 is 0. The van der Waals surface area contributed by atoms with Gasteiger partial charge in [-0.25, -0.2) is 0 Å². The summed E-state index contributed by atoms with van der Waals surface area (Å²) >= 11 is 0. The first kappa shape index (κ1) is 14.5. The van der Waals surface area contributed by atoms with Crippen molar-refractivity contribution < 1.29 is 9.90 Å². The molecule has 17 heavy (non-hydrogen) atoms. The van der Waals surface area contributed by atoms with Gasteiger partial charge in [0.25, 0.3) is 0 Å². The van der Waals surface area contributed by atoms with E-state index in [1.54, 1.807) is 0 Å². The topological polar surface area (TPSA) is 40.5 Å². The normalized spacial score (nSPS) is 33.9. The van der Waals surface area contributed by atoms with Gasteiger partial charge in [0.2, 0.25) is 0 Å². The third kappa shape index (κ3) is 3.01. The van der Waals surface area contributed by atoms with E-state index >= 15 is 0 Å². The molecule has 3 atom stereocenters. The minimum atomic E-state index is -0.654. The molecule has 1 N–H and O–H groups in total. The lowest BCUT2D eigenvalue weighted by Gasteiger charge is -2.51. The maximum Gasteiger partial charge on any atom is 0.305 e. The molecular weight excluding hydrogens is 214 g/mol. The van der Waals surface area contributed by atoms with Crippen molar-refractivity contribution in [3.8, 4) is 0 Å². The standard InChI is InChI=1S/C14H27NO2/c1-5-15(6-2)14(10-13(16)17)8-7-11(3)9-12(14)4/h11-12H,5-10H2,1-4H3,(H,16,17). The second-order valence-electron chi connectivity index (χ2n) is 5.63. The molecule has 0 heterocycles. The molecule has 1 fully saturated rings. The number of hydrogen-bond donors (Lipinski definition) is 1. The van der Waals surface area contributed by atoms with E-state index in [4.69, 9.17) is 0 Å². The fourth-order valence-electron chi connectivity index (χ4n) is 3.64. The average molecular weight is 241 g/mol. The Hall–Kier alpha value is -0.570. The van der Waals surface area contributed by atoms with Crippen LogP contribution in [0.5, 0.6) is 0 Å². The molecule has 1 saturated carbocycles. The van der Waals surface area contributed by atoms with Crippen LogP contribution in [-0.4, -0.2) is 34.6 Å². The zero-order valence-electron chi connectivity index (χ0n) is 11.7. The van der Waals surface area contributed by atoms with Gasteiger partial charge in [-0.05, 0) is 44.2 Å². The van der Waals surface area contributed by atoms with Gasteiger partial charge in [-0.3, -0.25) is 9.69 Å². The summed E-state index contributed by atoms with van der Waals surface area (Å²) in [6.07, 6.45) is 3.64. The van der Waals surface area contributed by atoms with Gasteiger partial charge in [0.1, 0.15) is 0 Å². The Bertz CT molecular complexity index is 263. The fraction of sp³-hybridized carbons (Fsp3) is 0.929. The van der Waals surface area contributed by atoms with Crippen molar-refractivity contribution in [2.75, 3.05) is 13.1 Å². The van der Waals surface area contributed by atoms with Crippen LogP contribution in [0.2, 0.25) is 0 Å². The highest BCUT2D eigenvalue weighted by Crippen LogP contribution is 2.43. The molecule has 100 valence electrons. The number of carboxylic acid groups (broad SMARTS) is 1. The minimum absolute atomic E-state index is 0.109. The molecule has 0 saturated heterocycles. The lowest BCUT2D eigenvalue weighted by atomic mass is 9.67. The number of nitrogens with zero attached hydrogens (tertiary/aromatic N) is 1. The highest BCUT2D eigenvalue weighted by Gasteiger charge is 2.45. The Kier molecular flexibility index (Phi) is 4.99. The monoisotopic (exact) mass is 241 g/mol. The van der Waals surface area contributed by atoms with Crippen molar-refractivity contribution in [1.29, 1.82) is 0 Å². The zero-order chi connectivity index (χ0) is 13.1. The van der Waals surface area contributed by atoms with Crippen molar-refractivity contribution in [2.24, 2.45) is 11.8 Å². The smallest absolute Gasteiger partial charge is 0.305 e. The molecule has 1 aliphatic rings. The molecule has 0 radical (unpaired) electrons. The Labute approximate surface area is 105 Å². The van der Waals surface area contributed by atoms with E-state index in [1.807, 2.05) is 0 Å². The minimum Gasteiger partial charge on any atom is -0.481 e. The van der Waals surface area contributed by atoms with E-state index in [1.165, 1.54) is 0 Å². The molecule has 3 unspecified atom stereocenters. The first-order chi connectivity index (χ1) is 7.96. The van der Waals surface area contributed by atoms with E-state index in [2.05, 4.69) is 32.6 Å². The summed E-state index contributed by atoms with van der Waals surface area (Å²) in [6.45, 7) is 10.7. The van der Waals surface area contributed by atoms with Crippen LogP contribution in [0.25, 0.3) is 0 Å². The zero-order valence-corrected chi connectivity index (χ0v) is 11.7. The first-order valence-electron chi connectivity index (χ1n) is 6.93. The van der Waals surface area contributed by atoms with E-state index in [9.17, 15) is 9.90 Å². The maximum absolute atomic E-state index is 11.2. The summed E-state index contributed by atoms with van der Waals surface area (Å²) in [5.41, 5.74) is -0.109. The molecular formula is C14H27NO2. The van der Waals surface area contributed by atoms with E-state index in [0.717, 1.165) is 38.3 Å². The van der Waals surface area contributed by atoms with Gasteiger partial charge in [-0.15, -0.1) is 0 Å². The Morgan fingerprint density at radius 1 is 1.35 bits per heavy atom. The molecule has 0 aromatic rings. The lowest BCUT2D eigenvalue weighted by molar-refractivity contribution is -0.143. The molecule has 0 spiro atoms. The van der Waals surface area contributed by atoms with Gasteiger partial charge < -0.3 is 5.11 Å². The van der Waals surface area contributed by atoms with Gasteiger partial charge in [-0.2, -0.15) is 0 Å². The number of carbonyl (C=O) groups is 1. The van der Waals surface area contributed by atoms with Crippen LogP contribution in [0, 0.1) is 11.8 Å². The van der Waals surface area contributed by atoms with Crippen LogP contribution in [-0.2, 0) is 4.79 Å². The molecule has 0 bridgehead atoms. The van der Waals surface area contributed by atoms with E-state index < -0.39 is 5.97 Å². The van der Waals surface area contributed by atoms with E-state index in [0.29, 0.717) is 12.3 Å². The van der Waals surface area contributed by atoms with Crippen molar-refractivity contribution in [1.82, 2.24) is 4.90 Å². The molecule has 0 amide bonds. The van der Waals surface area contributed by atoms with Crippen LogP contribution in [0.15, 0.2) is 0 Å². The van der Waals surface area contributed by atoms with Gasteiger partial charge >= 0.3 is 5.97 Å². The molecule has 0 aliphatic heterocycles.